The molecule has 0 radical (unpaired) electrons. The molecule has 1 heterocycles. The summed E-state index contributed by atoms with van der Waals surface area (Å²) in [5.74, 6) is 0.714. The molecule has 0 aliphatic carbocycles. The van der Waals surface area contributed by atoms with Crippen LogP contribution in [0, 0.1) is 17.7 Å². The third-order valence-electron chi connectivity index (χ3n) is 4.00. The van der Waals surface area contributed by atoms with E-state index in [0.29, 0.717) is 6.54 Å². The van der Waals surface area contributed by atoms with Gasteiger partial charge < -0.3 is 10.2 Å². The summed E-state index contributed by atoms with van der Waals surface area (Å²) in [6, 6.07) is 6.09. The van der Waals surface area contributed by atoms with Gasteiger partial charge >= 0.3 is 0 Å². The van der Waals surface area contributed by atoms with Gasteiger partial charge in [0.25, 0.3) is 5.91 Å². The smallest absolute Gasteiger partial charge is 0.254 e. The average molecular weight is 292 g/mol. The second kappa shape index (κ2) is 7.55. The predicted molar refractivity (Wildman–Crippen MR) is 82.7 cm³/mol. The van der Waals surface area contributed by atoms with Crippen molar-refractivity contribution in [2.24, 2.45) is 11.8 Å². The minimum Gasteiger partial charge on any atom is -0.352 e. The lowest BCUT2D eigenvalue weighted by atomic mass is 9.92. The van der Waals surface area contributed by atoms with E-state index in [2.05, 4.69) is 24.1 Å². The second-order valence-corrected chi connectivity index (χ2v) is 6.29. The zero-order chi connectivity index (χ0) is 15.2. The Morgan fingerprint density at radius 3 is 2.62 bits per heavy atom. The van der Waals surface area contributed by atoms with Crippen molar-refractivity contribution in [1.82, 2.24) is 10.2 Å². The number of rotatable bonds is 5. The molecule has 116 valence electrons. The van der Waals surface area contributed by atoms with Crippen LogP contribution in [0.15, 0.2) is 24.3 Å². The van der Waals surface area contributed by atoms with Crippen LogP contribution in [-0.2, 0) is 0 Å². The molecule has 3 nitrogen and oxygen atoms in total. The quantitative estimate of drug-likeness (QED) is 0.846. The molecule has 1 aliphatic heterocycles. The normalized spacial score (nSPS) is 23.0. The molecule has 1 aromatic carbocycles. The molecule has 2 atom stereocenters. The van der Waals surface area contributed by atoms with Gasteiger partial charge in [-0.1, -0.05) is 26.0 Å². The number of hydrogen-bond donors (Lipinski definition) is 1. The number of nitrogens with zero attached hydrogens (tertiary/aromatic N) is 1. The van der Waals surface area contributed by atoms with E-state index in [4.69, 9.17) is 0 Å². The summed E-state index contributed by atoms with van der Waals surface area (Å²) in [5, 5.41) is 2.80. The lowest BCUT2D eigenvalue weighted by Gasteiger charge is -2.34. The monoisotopic (exact) mass is 292 g/mol. The topological polar surface area (TPSA) is 32.3 Å². The molecule has 4 heteroatoms. The number of halogens is 1. The second-order valence-electron chi connectivity index (χ2n) is 6.29. The van der Waals surface area contributed by atoms with Crippen LogP contribution in [0.3, 0.4) is 0 Å². The van der Waals surface area contributed by atoms with E-state index in [1.165, 1.54) is 18.6 Å². The first-order valence-electron chi connectivity index (χ1n) is 7.81. The number of nitrogens with one attached hydrogen (secondary N) is 1. The van der Waals surface area contributed by atoms with Crippen LogP contribution in [0.5, 0.6) is 0 Å². The average Bonchev–Trinajstić information content (AvgIpc) is 2.43. The van der Waals surface area contributed by atoms with E-state index in [1.54, 1.807) is 12.1 Å². The Morgan fingerprint density at radius 1 is 1.29 bits per heavy atom. The summed E-state index contributed by atoms with van der Waals surface area (Å²) in [6.07, 6.45) is 2.21. The van der Waals surface area contributed by atoms with Crippen molar-refractivity contribution in [3.63, 3.8) is 0 Å². The number of piperidine rings is 1. The van der Waals surface area contributed by atoms with E-state index in [0.717, 1.165) is 37.9 Å². The lowest BCUT2D eigenvalue weighted by molar-refractivity contribution is 0.0943. The molecule has 0 unspecified atom stereocenters. The highest BCUT2D eigenvalue weighted by atomic mass is 19.1. The van der Waals surface area contributed by atoms with Gasteiger partial charge in [-0.3, -0.25) is 4.79 Å². The third-order valence-corrected chi connectivity index (χ3v) is 4.00. The molecule has 0 spiro atoms. The van der Waals surface area contributed by atoms with Crippen LogP contribution in [0.2, 0.25) is 0 Å². The first-order valence-corrected chi connectivity index (χ1v) is 7.81. The summed E-state index contributed by atoms with van der Waals surface area (Å²) >= 11 is 0. The summed E-state index contributed by atoms with van der Waals surface area (Å²) < 4.78 is 13.5. The van der Waals surface area contributed by atoms with Gasteiger partial charge in [0.2, 0.25) is 0 Å². The highest BCUT2D eigenvalue weighted by Gasteiger charge is 2.21. The number of benzene rings is 1. The van der Waals surface area contributed by atoms with Crippen LogP contribution in [0.1, 0.15) is 37.0 Å². The summed E-state index contributed by atoms with van der Waals surface area (Å²) in [4.78, 5) is 14.3. The fourth-order valence-electron chi connectivity index (χ4n) is 3.22. The van der Waals surface area contributed by atoms with Crippen molar-refractivity contribution in [3.05, 3.63) is 35.6 Å². The van der Waals surface area contributed by atoms with Gasteiger partial charge in [-0.25, -0.2) is 4.39 Å². The fourth-order valence-corrected chi connectivity index (χ4v) is 3.22. The molecule has 1 aromatic rings. The van der Waals surface area contributed by atoms with E-state index in [1.807, 2.05) is 0 Å². The van der Waals surface area contributed by atoms with E-state index < -0.39 is 5.82 Å². The zero-order valence-electron chi connectivity index (χ0n) is 12.9. The number of likely N-dealkylation sites (tertiary alicyclic amines) is 1. The molecular weight excluding hydrogens is 267 g/mol. The van der Waals surface area contributed by atoms with Crippen LogP contribution in [0.25, 0.3) is 0 Å². The molecule has 2 rings (SSSR count). The minimum atomic E-state index is -0.464. The van der Waals surface area contributed by atoms with E-state index in [9.17, 15) is 9.18 Å². The first kappa shape index (κ1) is 16.0. The number of carbonyl (C=O) groups excluding carboxylic acids is 1. The van der Waals surface area contributed by atoms with Crippen molar-refractivity contribution in [2.45, 2.75) is 26.7 Å². The Kier molecular flexibility index (Phi) is 5.74. The maximum Gasteiger partial charge on any atom is 0.254 e. The van der Waals surface area contributed by atoms with Crippen molar-refractivity contribution in [2.75, 3.05) is 26.2 Å². The Bertz CT molecular complexity index is 468. The third kappa shape index (κ3) is 4.81. The molecule has 1 fully saturated rings. The van der Waals surface area contributed by atoms with Crippen LogP contribution in [0.4, 0.5) is 4.39 Å². The van der Waals surface area contributed by atoms with Crippen LogP contribution >= 0.6 is 0 Å². The summed E-state index contributed by atoms with van der Waals surface area (Å²) in [7, 11) is 0. The zero-order valence-corrected chi connectivity index (χ0v) is 12.9. The van der Waals surface area contributed by atoms with Crippen molar-refractivity contribution >= 4 is 5.91 Å². The highest BCUT2D eigenvalue weighted by Crippen LogP contribution is 2.20. The molecule has 0 aromatic heterocycles. The van der Waals surface area contributed by atoms with Gasteiger partial charge in [0.05, 0.1) is 5.56 Å². The molecule has 0 bridgehead atoms. The number of carbonyl (C=O) groups is 1. The molecule has 1 amide bonds. The van der Waals surface area contributed by atoms with E-state index in [-0.39, 0.29) is 11.5 Å². The van der Waals surface area contributed by atoms with Gasteiger partial charge in [-0.15, -0.1) is 0 Å². The molecule has 1 aliphatic rings. The maximum atomic E-state index is 13.5. The number of hydrogen-bond acceptors (Lipinski definition) is 2. The number of amides is 1. The van der Waals surface area contributed by atoms with Crippen molar-refractivity contribution < 1.29 is 9.18 Å². The van der Waals surface area contributed by atoms with Crippen molar-refractivity contribution in [1.29, 1.82) is 0 Å². The molecule has 0 saturated carbocycles. The van der Waals surface area contributed by atoms with Crippen LogP contribution < -0.4 is 5.32 Å². The van der Waals surface area contributed by atoms with Gasteiger partial charge in [0.1, 0.15) is 5.82 Å². The maximum absolute atomic E-state index is 13.5. The Balaban J connectivity index is 1.70. The summed E-state index contributed by atoms with van der Waals surface area (Å²) in [5.41, 5.74) is 0.123. The Hall–Kier alpha value is -1.42. The Labute approximate surface area is 126 Å². The van der Waals surface area contributed by atoms with Gasteiger partial charge in [0.15, 0.2) is 0 Å². The minimum absolute atomic E-state index is 0.123. The molecule has 1 saturated heterocycles. The highest BCUT2D eigenvalue weighted by molar-refractivity contribution is 5.94. The largest absolute Gasteiger partial charge is 0.352 e. The first-order chi connectivity index (χ1) is 10.1. The Morgan fingerprint density at radius 2 is 1.95 bits per heavy atom. The predicted octanol–water partition coefficient (Wildman–Crippen LogP) is 2.92. The standard InChI is InChI=1S/C17H25FN2O/c1-13-10-14(2)12-20(11-13)9-5-8-19-17(21)15-6-3-4-7-16(15)18/h3-4,6-7,13-14H,5,8-12H2,1-2H3,(H,19,21)/t13-,14-/m0/s1. The van der Waals surface area contributed by atoms with Crippen LogP contribution in [-0.4, -0.2) is 37.0 Å². The van der Waals surface area contributed by atoms with Gasteiger partial charge in [0, 0.05) is 19.6 Å². The van der Waals surface area contributed by atoms with E-state index >= 15 is 0 Å². The SMILES string of the molecule is C[C@H]1C[C@H](C)CN(CCCNC(=O)c2ccccc2F)C1. The van der Waals surface area contributed by atoms with Gasteiger partial charge in [-0.05, 0) is 43.4 Å². The fraction of sp³-hybridized carbons (Fsp3) is 0.588. The summed E-state index contributed by atoms with van der Waals surface area (Å²) in [6.45, 7) is 8.46. The molecular formula is C17H25FN2O. The molecule has 1 N–H and O–H groups in total. The lowest BCUT2D eigenvalue weighted by Crippen LogP contribution is -2.40. The molecule has 21 heavy (non-hydrogen) atoms. The van der Waals surface area contributed by atoms with Crippen molar-refractivity contribution in [3.8, 4) is 0 Å². The van der Waals surface area contributed by atoms with Gasteiger partial charge in [-0.2, -0.15) is 0 Å².